The first-order valence-corrected chi connectivity index (χ1v) is 9.89. The Morgan fingerprint density at radius 1 is 1.00 bits per heavy atom. The number of methoxy groups -OCH3 is 1. The van der Waals surface area contributed by atoms with E-state index in [2.05, 4.69) is 15.8 Å². The van der Waals surface area contributed by atoms with Crippen LogP contribution in [0.4, 0.5) is 5.69 Å². The molecule has 0 fully saturated rings. The average Bonchev–Trinajstić information content (AvgIpc) is 2.75. The number of benzene rings is 3. The molecule has 0 saturated carbocycles. The van der Waals surface area contributed by atoms with Crippen molar-refractivity contribution < 1.29 is 19.4 Å². The van der Waals surface area contributed by atoms with Crippen LogP contribution in [0.3, 0.4) is 0 Å². The minimum Gasteiger partial charge on any atom is -0.507 e. The zero-order valence-corrected chi connectivity index (χ0v) is 17.6. The molecule has 0 bridgehead atoms. The summed E-state index contributed by atoms with van der Waals surface area (Å²) in [6.07, 6.45) is 1.38. The van der Waals surface area contributed by atoms with E-state index in [-0.39, 0.29) is 11.7 Å². The van der Waals surface area contributed by atoms with E-state index in [1.165, 1.54) is 6.21 Å². The van der Waals surface area contributed by atoms with Gasteiger partial charge in [-0.05, 0) is 47.0 Å². The summed E-state index contributed by atoms with van der Waals surface area (Å²) in [5.41, 5.74) is 3.48. The lowest BCUT2D eigenvalue weighted by Crippen LogP contribution is -2.39. The molecule has 0 aromatic heterocycles. The lowest BCUT2D eigenvalue weighted by atomic mass is 9.94. The Bertz CT molecular complexity index is 1110. The summed E-state index contributed by atoms with van der Waals surface area (Å²) in [7, 11) is 1.56. The van der Waals surface area contributed by atoms with Crippen LogP contribution >= 0.6 is 0 Å². The highest BCUT2D eigenvalue weighted by Crippen LogP contribution is 2.25. The van der Waals surface area contributed by atoms with E-state index in [0.29, 0.717) is 17.0 Å². The van der Waals surface area contributed by atoms with Crippen LogP contribution in [0.1, 0.15) is 19.4 Å². The SMILES string of the molecule is COc1ccc(NC(=O)C(C(=O)NN=Cc2c(O)ccc3ccccc23)C(C)C)cc1. The number of hydrogen-bond donors (Lipinski definition) is 3. The van der Waals surface area contributed by atoms with Crippen molar-refractivity contribution in [3.63, 3.8) is 0 Å². The number of nitrogens with zero attached hydrogens (tertiary/aromatic N) is 1. The predicted octanol–water partition coefficient (Wildman–Crippen LogP) is 3.92. The zero-order valence-electron chi connectivity index (χ0n) is 17.6. The first-order chi connectivity index (χ1) is 14.9. The van der Waals surface area contributed by atoms with E-state index in [1.807, 2.05) is 24.3 Å². The summed E-state index contributed by atoms with van der Waals surface area (Å²) in [5, 5.41) is 18.7. The number of carbonyl (C=O) groups is 2. The maximum absolute atomic E-state index is 12.7. The Hall–Kier alpha value is -3.87. The second-order valence-electron chi connectivity index (χ2n) is 7.39. The van der Waals surface area contributed by atoms with Gasteiger partial charge in [-0.1, -0.05) is 44.2 Å². The molecule has 0 saturated heterocycles. The molecule has 0 aliphatic carbocycles. The van der Waals surface area contributed by atoms with Crippen LogP contribution in [0, 0.1) is 11.8 Å². The Morgan fingerprint density at radius 2 is 1.71 bits per heavy atom. The molecule has 3 aromatic carbocycles. The van der Waals surface area contributed by atoms with E-state index < -0.39 is 17.7 Å². The number of phenols is 1. The van der Waals surface area contributed by atoms with Crippen LogP contribution < -0.4 is 15.5 Å². The molecule has 31 heavy (non-hydrogen) atoms. The topological polar surface area (TPSA) is 100 Å². The molecule has 1 atom stereocenters. The molecule has 3 rings (SSSR count). The van der Waals surface area contributed by atoms with Gasteiger partial charge in [0.05, 0.1) is 13.3 Å². The number of anilines is 1. The number of aromatic hydroxyl groups is 1. The smallest absolute Gasteiger partial charge is 0.252 e. The van der Waals surface area contributed by atoms with Gasteiger partial charge in [-0.2, -0.15) is 5.10 Å². The molecular weight excluding hydrogens is 394 g/mol. The summed E-state index contributed by atoms with van der Waals surface area (Å²) < 4.78 is 5.10. The van der Waals surface area contributed by atoms with Crippen molar-refractivity contribution in [1.82, 2.24) is 5.43 Å². The van der Waals surface area contributed by atoms with Gasteiger partial charge in [0.1, 0.15) is 17.4 Å². The second kappa shape index (κ2) is 9.75. The third-order valence-electron chi connectivity index (χ3n) is 4.91. The molecule has 0 aliphatic rings. The largest absolute Gasteiger partial charge is 0.507 e. The summed E-state index contributed by atoms with van der Waals surface area (Å²) in [6, 6.07) is 17.8. The highest BCUT2D eigenvalue weighted by atomic mass is 16.5. The molecule has 3 aromatic rings. The van der Waals surface area contributed by atoms with Crippen LogP contribution in [0.2, 0.25) is 0 Å². The number of phenolic OH excluding ortho intramolecular Hbond substituents is 1. The van der Waals surface area contributed by atoms with Gasteiger partial charge in [-0.25, -0.2) is 5.43 Å². The third-order valence-corrected chi connectivity index (χ3v) is 4.91. The quantitative estimate of drug-likeness (QED) is 0.307. The average molecular weight is 419 g/mol. The van der Waals surface area contributed by atoms with Gasteiger partial charge in [0, 0.05) is 11.3 Å². The second-order valence-corrected chi connectivity index (χ2v) is 7.39. The number of amides is 2. The zero-order chi connectivity index (χ0) is 22.4. The maximum Gasteiger partial charge on any atom is 0.252 e. The monoisotopic (exact) mass is 419 g/mol. The molecular formula is C24H25N3O4. The minimum atomic E-state index is -0.944. The molecule has 0 spiro atoms. The molecule has 7 heteroatoms. The number of hydrogen-bond acceptors (Lipinski definition) is 5. The first kappa shape index (κ1) is 21.8. The number of carbonyl (C=O) groups excluding carboxylic acids is 2. The van der Waals surface area contributed by atoms with Crippen molar-refractivity contribution in [3.05, 3.63) is 66.2 Å². The van der Waals surface area contributed by atoms with Gasteiger partial charge in [-0.3, -0.25) is 9.59 Å². The molecule has 160 valence electrons. The van der Waals surface area contributed by atoms with Gasteiger partial charge in [0.2, 0.25) is 5.91 Å². The van der Waals surface area contributed by atoms with Crippen molar-refractivity contribution in [2.24, 2.45) is 16.9 Å². The number of rotatable bonds is 7. The fraction of sp³-hybridized carbons (Fsp3) is 0.208. The number of fused-ring (bicyclic) bond motifs is 1. The van der Waals surface area contributed by atoms with E-state index in [1.54, 1.807) is 57.4 Å². The third kappa shape index (κ3) is 5.19. The van der Waals surface area contributed by atoms with E-state index in [9.17, 15) is 14.7 Å². The van der Waals surface area contributed by atoms with Crippen LogP contribution in [-0.2, 0) is 9.59 Å². The normalized spacial score (nSPS) is 12.1. The molecule has 2 amide bonds. The first-order valence-electron chi connectivity index (χ1n) is 9.89. The fourth-order valence-electron chi connectivity index (χ4n) is 3.27. The summed E-state index contributed by atoms with van der Waals surface area (Å²) in [6.45, 7) is 3.58. The van der Waals surface area contributed by atoms with Gasteiger partial charge >= 0.3 is 0 Å². The van der Waals surface area contributed by atoms with Crippen molar-refractivity contribution in [1.29, 1.82) is 0 Å². The maximum atomic E-state index is 12.7. The predicted molar refractivity (Wildman–Crippen MR) is 121 cm³/mol. The summed E-state index contributed by atoms with van der Waals surface area (Å²) in [4.78, 5) is 25.4. The number of nitrogens with one attached hydrogen (secondary N) is 2. The van der Waals surface area contributed by atoms with Gasteiger partial charge in [0.25, 0.3) is 5.91 Å². The number of ether oxygens (including phenoxy) is 1. The van der Waals surface area contributed by atoms with Gasteiger partial charge in [0.15, 0.2) is 0 Å². The van der Waals surface area contributed by atoms with Crippen LogP contribution in [0.15, 0.2) is 65.8 Å². The lowest BCUT2D eigenvalue weighted by molar-refractivity contribution is -0.134. The van der Waals surface area contributed by atoms with Crippen molar-refractivity contribution in [2.45, 2.75) is 13.8 Å². The van der Waals surface area contributed by atoms with Crippen LogP contribution in [-0.4, -0.2) is 30.2 Å². The van der Waals surface area contributed by atoms with Crippen molar-refractivity contribution in [3.8, 4) is 11.5 Å². The molecule has 0 aliphatic heterocycles. The Balaban J connectivity index is 1.72. The Kier molecular flexibility index (Phi) is 6.87. The minimum absolute atomic E-state index is 0.0503. The van der Waals surface area contributed by atoms with E-state index in [4.69, 9.17) is 4.74 Å². The molecule has 7 nitrogen and oxygen atoms in total. The Morgan fingerprint density at radius 3 is 2.39 bits per heavy atom. The molecule has 1 unspecified atom stereocenters. The lowest BCUT2D eigenvalue weighted by Gasteiger charge is -2.18. The number of hydrazone groups is 1. The molecule has 0 radical (unpaired) electrons. The van der Waals surface area contributed by atoms with Crippen molar-refractivity contribution >= 4 is 34.5 Å². The molecule has 3 N–H and O–H groups in total. The van der Waals surface area contributed by atoms with Gasteiger partial charge in [-0.15, -0.1) is 0 Å². The standard InChI is InChI=1S/C24H25N3O4/c1-15(2)22(23(29)26-17-9-11-18(31-3)12-10-17)24(30)27-25-14-20-19-7-5-4-6-16(19)8-13-21(20)28/h4-15,22,28H,1-3H3,(H,26,29)(H,27,30). The van der Waals surface area contributed by atoms with Gasteiger partial charge < -0.3 is 15.2 Å². The van der Waals surface area contributed by atoms with Crippen LogP contribution in [0.25, 0.3) is 10.8 Å². The van der Waals surface area contributed by atoms with Crippen LogP contribution in [0.5, 0.6) is 11.5 Å². The summed E-state index contributed by atoms with van der Waals surface area (Å²) in [5.74, 6) is -1.44. The van der Waals surface area contributed by atoms with E-state index >= 15 is 0 Å². The Labute approximate surface area is 180 Å². The fourth-order valence-corrected chi connectivity index (χ4v) is 3.27. The van der Waals surface area contributed by atoms with E-state index in [0.717, 1.165) is 10.8 Å². The highest BCUT2D eigenvalue weighted by Gasteiger charge is 2.30. The summed E-state index contributed by atoms with van der Waals surface area (Å²) >= 11 is 0. The highest BCUT2D eigenvalue weighted by molar-refractivity contribution is 6.07. The van der Waals surface area contributed by atoms with Crippen molar-refractivity contribution in [2.75, 3.05) is 12.4 Å². The molecule has 0 heterocycles.